The highest BCUT2D eigenvalue weighted by Gasteiger charge is 2.40. The molecule has 0 aromatic heterocycles. The number of hydrogen-bond acceptors (Lipinski definition) is 2. The van der Waals surface area contributed by atoms with Crippen LogP contribution in [0.25, 0.3) is 0 Å². The molecule has 106 valence electrons. The highest BCUT2D eigenvalue weighted by Crippen LogP contribution is 2.41. The van der Waals surface area contributed by atoms with E-state index in [2.05, 4.69) is 26.1 Å². The summed E-state index contributed by atoms with van der Waals surface area (Å²) >= 11 is 0. The molecule has 0 aromatic carbocycles. The molecule has 0 aliphatic heterocycles. The molecule has 18 heavy (non-hydrogen) atoms. The first kappa shape index (κ1) is 15.5. The summed E-state index contributed by atoms with van der Waals surface area (Å²) in [5.41, 5.74) is -0.258. The summed E-state index contributed by atoms with van der Waals surface area (Å²) in [7, 11) is 0. The maximum Gasteiger partial charge on any atom is 0.226 e. The lowest BCUT2D eigenvalue weighted by atomic mass is 9.80. The van der Waals surface area contributed by atoms with Gasteiger partial charge in [-0.25, -0.2) is 0 Å². The largest absolute Gasteiger partial charge is 0.396 e. The molecule has 1 fully saturated rings. The highest BCUT2D eigenvalue weighted by molar-refractivity contribution is 5.82. The molecule has 0 heterocycles. The second-order valence-electron chi connectivity index (χ2n) is 5.89. The van der Waals surface area contributed by atoms with Gasteiger partial charge in [-0.3, -0.25) is 4.79 Å². The summed E-state index contributed by atoms with van der Waals surface area (Å²) in [6.07, 6.45) is 7.14. The van der Waals surface area contributed by atoms with E-state index in [1.807, 2.05) is 0 Å². The molecular weight excluding hydrogens is 226 g/mol. The number of aliphatic hydroxyl groups is 1. The Morgan fingerprint density at radius 2 is 1.78 bits per heavy atom. The normalized spacial score (nSPS) is 18.9. The van der Waals surface area contributed by atoms with E-state index in [9.17, 15) is 9.90 Å². The predicted molar refractivity (Wildman–Crippen MR) is 74.3 cm³/mol. The first-order valence-electron chi connectivity index (χ1n) is 7.47. The van der Waals surface area contributed by atoms with Gasteiger partial charge in [-0.05, 0) is 32.1 Å². The highest BCUT2D eigenvalue weighted by atomic mass is 16.3. The molecule has 2 N–H and O–H groups in total. The number of hydrogen-bond donors (Lipinski definition) is 2. The number of carbonyl (C=O) groups excluding carboxylic acids is 1. The van der Waals surface area contributed by atoms with E-state index in [1.165, 1.54) is 12.8 Å². The summed E-state index contributed by atoms with van der Waals surface area (Å²) in [5, 5.41) is 12.6. The van der Waals surface area contributed by atoms with Crippen LogP contribution in [0.3, 0.4) is 0 Å². The fourth-order valence-corrected chi connectivity index (χ4v) is 3.03. The van der Waals surface area contributed by atoms with E-state index in [0.717, 1.165) is 32.1 Å². The molecule has 3 heteroatoms. The van der Waals surface area contributed by atoms with Crippen molar-refractivity contribution in [1.82, 2.24) is 5.32 Å². The number of carbonyl (C=O) groups is 1. The van der Waals surface area contributed by atoms with E-state index in [4.69, 9.17) is 0 Å². The second-order valence-corrected chi connectivity index (χ2v) is 5.89. The van der Waals surface area contributed by atoms with Crippen LogP contribution in [0.5, 0.6) is 0 Å². The van der Waals surface area contributed by atoms with E-state index in [0.29, 0.717) is 6.54 Å². The summed E-state index contributed by atoms with van der Waals surface area (Å²) in [4.78, 5) is 12.4. The Kier molecular flexibility index (Phi) is 5.64. The Labute approximate surface area is 111 Å². The van der Waals surface area contributed by atoms with Crippen LogP contribution in [0.1, 0.15) is 65.7 Å². The third-order valence-electron chi connectivity index (χ3n) is 5.18. The van der Waals surface area contributed by atoms with Gasteiger partial charge in [-0.1, -0.05) is 33.6 Å². The first-order chi connectivity index (χ1) is 8.58. The summed E-state index contributed by atoms with van der Waals surface area (Å²) in [6.45, 7) is 7.04. The van der Waals surface area contributed by atoms with Crippen molar-refractivity contribution in [2.75, 3.05) is 13.2 Å². The maximum absolute atomic E-state index is 12.4. The molecule has 0 unspecified atom stereocenters. The number of aliphatic hydroxyl groups excluding tert-OH is 1. The SMILES string of the molecule is CCC(CC)(CO)CNC(=O)C1(CC)CCCC1. The van der Waals surface area contributed by atoms with Crippen LogP contribution in [0, 0.1) is 10.8 Å². The molecule has 1 aliphatic rings. The topological polar surface area (TPSA) is 49.3 Å². The average Bonchev–Trinajstić information content (AvgIpc) is 2.91. The zero-order valence-corrected chi connectivity index (χ0v) is 12.2. The number of amides is 1. The van der Waals surface area contributed by atoms with Gasteiger partial charge in [0.25, 0.3) is 0 Å². The van der Waals surface area contributed by atoms with Crippen LogP contribution in [-0.4, -0.2) is 24.2 Å². The lowest BCUT2D eigenvalue weighted by Crippen LogP contribution is -2.45. The van der Waals surface area contributed by atoms with Crippen molar-refractivity contribution in [3.63, 3.8) is 0 Å². The smallest absolute Gasteiger partial charge is 0.226 e. The molecule has 1 rings (SSSR count). The molecule has 3 nitrogen and oxygen atoms in total. The van der Waals surface area contributed by atoms with Gasteiger partial charge in [-0.15, -0.1) is 0 Å². The molecule has 0 aromatic rings. The van der Waals surface area contributed by atoms with Crippen molar-refractivity contribution in [2.45, 2.75) is 65.7 Å². The molecule has 1 amide bonds. The van der Waals surface area contributed by atoms with E-state index >= 15 is 0 Å². The van der Waals surface area contributed by atoms with Crippen LogP contribution in [-0.2, 0) is 4.79 Å². The molecule has 1 aliphatic carbocycles. The zero-order valence-electron chi connectivity index (χ0n) is 12.2. The van der Waals surface area contributed by atoms with Gasteiger partial charge in [0.05, 0.1) is 6.61 Å². The van der Waals surface area contributed by atoms with Crippen molar-refractivity contribution in [3.05, 3.63) is 0 Å². The molecular formula is C15H29NO2. The summed E-state index contributed by atoms with van der Waals surface area (Å²) in [5.74, 6) is 0.210. The Morgan fingerprint density at radius 1 is 1.22 bits per heavy atom. The Morgan fingerprint density at radius 3 is 2.17 bits per heavy atom. The van der Waals surface area contributed by atoms with Crippen molar-refractivity contribution in [3.8, 4) is 0 Å². The Bertz CT molecular complexity index is 257. The maximum atomic E-state index is 12.4. The van der Waals surface area contributed by atoms with Crippen LogP contribution < -0.4 is 5.32 Å². The minimum absolute atomic E-state index is 0.122. The van der Waals surface area contributed by atoms with Crippen LogP contribution in [0.15, 0.2) is 0 Å². The summed E-state index contributed by atoms with van der Waals surface area (Å²) < 4.78 is 0. The quantitative estimate of drug-likeness (QED) is 0.735. The van der Waals surface area contributed by atoms with Gasteiger partial charge in [0.2, 0.25) is 5.91 Å². The standard InChI is InChI=1S/C15H29NO2/c1-4-14(5-2,12-17)11-16-13(18)15(6-3)9-7-8-10-15/h17H,4-12H2,1-3H3,(H,16,18). The third-order valence-corrected chi connectivity index (χ3v) is 5.18. The fraction of sp³-hybridized carbons (Fsp3) is 0.933. The van der Waals surface area contributed by atoms with E-state index in [1.54, 1.807) is 0 Å². The first-order valence-corrected chi connectivity index (χ1v) is 7.47. The van der Waals surface area contributed by atoms with Crippen LogP contribution in [0.2, 0.25) is 0 Å². The van der Waals surface area contributed by atoms with E-state index < -0.39 is 0 Å². The second kappa shape index (κ2) is 6.55. The molecule has 0 bridgehead atoms. The van der Waals surface area contributed by atoms with E-state index in [-0.39, 0.29) is 23.3 Å². The lowest BCUT2D eigenvalue weighted by molar-refractivity contribution is -0.131. The third kappa shape index (κ3) is 3.05. The van der Waals surface area contributed by atoms with Crippen molar-refractivity contribution in [1.29, 1.82) is 0 Å². The molecule has 0 atom stereocenters. The minimum Gasteiger partial charge on any atom is -0.396 e. The molecule has 0 saturated heterocycles. The number of rotatable bonds is 7. The Balaban J connectivity index is 2.59. The minimum atomic E-state index is -0.136. The predicted octanol–water partition coefficient (Wildman–Crippen LogP) is 2.87. The number of nitrogens with one attached hydrogen (secondary N) is 1. The fourth-order valence-electron chi connectivity index (χ4n) is 3.03. The van der Waals surface area contributed by atoms with Gasteiger partial charge in [0.15, 0.2) is 0 Å². The van der Waals surface area contributed by atoms with Crippen LogP contribution in [0.4, 0.5) is 0 Å². The summed E-state index contributed by atoms with van der Waals surface area (Å²) in [6, 6.07) is 0. The van der Waals surface area contributed by atoms with Crippen molar-refractivity contribution < 1.29 is 9.90 Å². The van der Waals surface area contributed by atoms with Crippen LogP contribution >= 0.6 is 0 Å². The van der Waals surface area contributed by atoms with Crippen molar-refractivity contribution in [2.24, 2.45) is 10.8 Å². The monoisotopic (exact) mass is 255 g/mol. The molecule has 0 spiro atoms. The van der Waals surface area contributed by atoms with Crippen molar-refractivity contribution >= 4 is 5.91 Å². The van der Waals surface area contributed by atoms with Gasteiger partial charge in [0.1, 0.15) is 0 Å². The van der Waals surface area contributed by atoms with Gasteiger partial charge >= 0.3 is 0 Å². The molecule has 1 saturated carbocycles. The van der Waals surface area contributed by atoms with Gasteiger partial charge in [-0.2, -0.15) is 0 Å². The Hall–Kier alpha value is -0.570. The zero-order chi connectivity index (χ0) is 13.6. The molecule has 0 radical (unpaired) electrons. The van der Waals surface area contributed by atoms with Gasteiger partial charge in [0, 0.05) is 17.4 Å². The lowest BCUT2D eigenvalue weighted by Gasteiger charge is -2.33. The average molecular weight is 255 g/mol. The van der Waals surface area contributed by atoms with Gasteiger partial charge < -0.3 is 10.4 Å².